The van der Waals surface area contributed by atoms with Crippen LogP contribution in [0, 0.1) is 0 Å². The molecule has 32 heavy (non-hydrogen) atoms. The third-order valence-corrected chi connectivity index (χ3v) is 5.39. The van der Waals surface area contributed by atoms with Gasteiger partial charge in [0.1, 0.15) is 11.4 Å². The van der Waals surface area contributed by atoms with Gasteiger partial charge in [0.25, 0.3) is 11.6 Å². The monoisotopic (exact) mass is 447 g/mol. The van der Waals surface area contributed by atoms with Gasteiger partial charge in [-0.15, -0.1) is 13.2 Å². The van der Waals surface area contributed by atoms with Crippen molar-refractivity contribution in [1.29, 1.82) is 0 Å². The van der Waals surface area contributed by atoms with Crippen molar-refractivity contribution >= 4 is 18.1 Å². The topological polar surface area (TPSA) is 74.6 Å². The number of rotatable bonds is 5. The number of benzene rings is 2. The third-order valence-electron chi connectivity index (χ3n) is 5.39. The average Bonchev–Trinajstić information content (AvgIpc) is 3.23. The van der Waals surface area contributed by atoms with Crippen LogP contribution in [-0.2, 0) is 0 Å². The second-order valence-electron chi connectivity index (χ2n) is 7.61. The minimum Gasteiger partial charge on any atom is -0.405 e. The minimum atomic E-state index is -4.85. The molecule has 168 valence electrons. The summed E-state index contributed by atoms with van der Waals surface area (Å²) in [5.74, 6) is -0.393. The summed E-state index contributed by atoms with van der Waals surface area (Å²) in [6.45, 7) is 6.59. The van der Waals surface area contributed by atoms with E-state index >= 15 is 0 Å². The number of halogens is 3. The number of alkyl halides is 3. The lowest BCUT2D eigenvalue weighted by atomic mass is 10.0. The molecule has 1 fully saturated rings. The van der Waals surface area contributed by atoms with Gasteiger partial charge in [-0.25, -0.2) is 0 Å². The number of hydrogen-bond donors (Lipinski definition) is 1. The van der Waals surface area contributed by atoms with Gasteiger partial charge < -0.3 is 14.2 Å². The van der Waals surface area contributed by atoms with Gasteiger partial charge in [0.15, 0.2) is 6.72 Å². The van der Waals surface area contributed by atoms with Crippen molar-refractivity contribution in [3.63, 3.8) is 0 Å². The number of piperidine rings is 1. The molecular formula is C22H22F3N4O3+. The van der Waals surface area contributed by atoms with Crippen LogP contribution < -0.4 is 9.64 Å². The summed E-state index contributed by atoms with van der Waals surface area (Å²) >= 11 is 0. The first-order chi connectivity index (χ1) is 15.2. The largest absolute Gasteiger partial charge is 0.573 e. The summed E-state index contributed by atoms with van der Waals surface area (Å²) in [5, 5.41) is 13.9. The van der Waals surface area contributed by atoms with Crippen LogP contribution in [0.5, 0.6) is 5.75 Å². The first-order valence-electron chi connectivity index (χ1n) is 10.1. The van der Waals surface area contributed by atoms with Crippen LogP contribution >= 0.6 is 0 Å². The number of nitrogens with zero attached hydrogens (tertiary/aromatic N) is 4. The fraction of sp³-hybridized carbons (Fsp3) is 0.318. The minimum absolute atomic E-state index is 0.0414. The summed E-state index contributed by atoms with van der Waals surface area (Å²) in [7, 11) is 0. The standard InChI is InChI=1S/C22H22F3N4O3/c1-14-7-5-6-12-29(14)17-11-10-15(13-18(17)28(2)30)21-26-20(27-32-21)16-8-3-4-9-19(16)31-22(23,24)25/h3-4,8-11,13-14,30H,2,5-7,12H2,1H3/q+1. The van der Waals surface area contributed by atoms with E-state index in [1.165, 1.54) is 18.2 Å². The van der Waals surface area contributed by atoms with Gasteiger partial charge in [0.2, 0.25) is 5.82 Å². The Morgan fingerprint density at radius 1 is 1.22 bits per heavy atom. The molecule has 0 saturated carbocycles. The Labute approximate surface area is 182 Å². The molecule has 2 aromatic carbocycles. The zero-order valence-electron chi connectivity index (χ0n) is 17.3. The Bertz CT molecular complexity index is 1130. The fourth-order valence-corrected chi connectivity index (χ4v) is 3.88. The highest BCUT2D eigenvalue weighted by molar-refractivity contribution is 5.72. The quantitative estimate of drug-likeness (QED) is 0.244. The molecule has 0 amide bonds. The van der Waals surface area contributed by atoms with Crippen LogP contribution in [0.25, 0.3) is 22.8 Å². The maximum atomic E-state index is 12.7. The molecule has 1 aliphatic rings. The van der Waals surface area contributed by atoms with Gasteiger partial charge in [0, 0.05) is 29.0 Å². The Morgan fingerprint density at radius 3 is 2.72 bits per heavy atom. The summed E-state index contributed by atoms with van der Waals surface area (Å²) in [6.07, 6.45) is -1.59. The van der Waals surface area contributed by atoms with E-state index in [-0.39, 0.29) is 17.3 Å². The number of ether oxygens (including phenoxy) is 1. The van der Waals surface area contributed by atoms with Crippen LogP contribution in [0.3, 0.4) is 0 Å². The molecule has 0 bridgehead atoms. The van der Waals surface area contributed by atoms with E-state index < -0.39 is 12.1 Å². The summed E-state index contributed by atoms with van der Waals surface area (Å²) in [5.41, 5.74) is 1.81. The van der Waals surface area contributed by atoms with E-state index in [1.807, 2.05) is 6.07 Å². The van der Waals surface area contributed by atoms with E-state index in [2.05, 4.69) is 33.4 Å². The lowest BCUT2D eigenvalue weighted by Crippen LogP contribution is -2.37. The van der Waals surface area contributed by atoms with E-state index in [4.69, 9.17) is 4.52 Å². The molecule has 4 rings (SSSR count). The number of hydrogen-bond acceptors (Lipinski definition) is 6. The summed E-state index contributed by atoms with van der Waals surface area (Å²) in [4.78, 5) is 6.45. The molecule has 1 saturated heterocycles. The molecule has 1 unspecified atom stereocenters. The second kappa shape index (κ2) is 8.52. The third kappa shape index (κ3) is 4.53. The van der Waals surface area contributed by atoms with Crippen LogP contribution in [0.1, 0.15) is 26.2 Å². The number of anilines is 1. The highest BCUT2D eigenvalue weighted by atomic mass is 19.4. The molecule has 1 N–H and O–H groups in total. The Morgan fingerprint density at radius 2 is 2.00 bits per heavy atom. The molecule has 7 nitrogen and oxygen atoms in total. The van der Waals surface area contributed by atoms with Crippen molar-refractivity contribution in [3.8, 4) is 28.6 Å². The molecular weight excluding hydrogens is 425 g/mol. The van der Waals surface area contributed by atoms with Gasteiger partial charge in [-0.1, -0.05) is 17.3 Å². The number of aromatic nitrogens is 2. The van der Waals surface area contributed by atoms with Crippen molar-refractivity contribution in [2.75, 3.05) is 11.4 Å². The first-order valence-corrected chi connectivity index (χ1v) is 10.1. The normalized spacial score (nSPS) is 16.8. The Kier molecular flexibility index (Phi) is 5.77. The highest BCUT2D eigenvalue weighted by Crippen LogP contribution is 2.37. The molecule has 0 spiro atoms. The molecule has 3 aromatic rings. The van der Waals surface area contributed by atoms with Crippen LogP contribution in [0.2, 0.25) is 0 Å². The van der Waals surface area contributed by atoms with Crippen molar-refractivity contribution in [2.45, 2.75) is 38.6 Å². The number of para-hydroxylation sites is 1. The fourth-order valence-electron chi connectivity index (χ4n) is 3.88. The Balaban J connectivity index is 1.68. The molecule has 1 atom stereocenters. The van der Waals surface area contributed by atoms with E-state index in [9.17, 15) is 18.4 Å². The molecule has 10 heteroatoms. The maximum Gasteiger partial charge on any atom is 0.573 e. The zero-order valence-corrected chi connectivity index (χ0v) is 17.3. The second-order valence-corrected chi connectivity index (χ2v) is 7.61. The highest BCUT2D eigenvalue weighted by Gasteiger charge is 2.33. The van der Waals surface area contributed by atoms with E-state index in [0.717, 1.165) is 36.2 Å². The van der Waals surface area contributed by atoms with Gasteiger partial charge in [-0.05, 0) is 50.5 Å². The average molecular weight is 447 g/mol. The van der Waals surface area contributed by atoms with E-state index in [1.54, 1.807) is 18.2 Å². The van der Waals surface area contributed by atoms with Gasteiger partial charge in [-0.3, -0.25) is 5.21 Å². The molecule has 2 heterocycles. The zero-order chi connectivity index (χ0) is 22.9. The van der Waals surface area contributed by atoms with Crippen molar-refractivity contribution in [3.05, 3.63) is 42.5 Å². The van der Waals surface area contributed by atoms with Crippen LogP contribution in [0.15, 0.2) is 47.0 Å². The van der Waals surface area contributed by atoms with Crippen molar-refractivity contribution in [1.82, 2.24) is 10.1 Å². The van der Waals surface area contributed by atoms with Gasteiger partial charge in [0.05, 0.1) is 5.56 Å². The van der Waals surface area contributed by atoms with Crippen LogP contribution in [0.4, 0.5) is 24.5 Å². The molecule has 1 aliphatic heterocycles. The van der Waals surface area contributed by atoms with Gasteiger partial charge >= 0.3 is 6.36 Å². The summed E-state index contributed by atoms with van der Waals surface area (Å²) < 4.78 is 48.3. The molecule has 0 aliphatic carbocycles. The SMILES string of the molecule is C=[N+](O)c1cc(-c2nc(-c3ccccc3OC(F)(F)F)no2)ccc1N1CCCCC1C. The van der Waals surface area contributed by atoms with Crippen LogP contribution in [-0.4, -0.2) is 45.8 Å². The van der Waals surface area contributed by atoms with E-state index in [0.29, 0.717) is 17.3 Å². The smallest absolute Gasteiger partial charge is 0.405 e. The van der Waals surface area contributed by atoms with Crippen molar-refractivity contribution < 1.29 is 32.4 Å². The molecule has 1 aromatic heterocycles. The molecule has 0 radical (unpaired) electrons. The lowest BCUT2D eigenvalue weighted by Gasteiger charge is -2.35. The van der Waals surface area contributed by atoms with Gasteiger partial charge in [-0.2, -0.15) is 4.98 Å². The maximum absolute atomic E-state index is 12.7. The predicted octanol–water partition coefficient (Wildman–Crippen LogP) is 5.41. The Hall–Kier alpha value is -3.56. The lowest BCUT2D eigenvalue weighted by molar-refractivity contribution is -0.705. The summed E-state index contributed by atoms with van der Waals surface area (Å²) in [6, 6.07) is 11.1. The predicted molar refractivity (Wildman–Crippen MR) is 111 cm³/mol. The van der Waals surface area contributed by atoms with Crippen molar-refractivity contribution in [2.24, 2.45) is 0 Å². The first kappa shape index (κ1) is 21.7.